The highest BCUT2D eigenvalue weighted by Gasteiger charge is 2.34. The zero-order valence-corrected chi connectivity index (χ0v) is 10.3. The Morgan fingerprint density at radius 2 is 2.44 bits per heavy atom. The van der Waals surface area contributed by atoms with Crippen LogP contribution in [0.25, 0.3) is 0 Å². The van der Waals surface area contributed by atoms with Crippen molar-refractivity contribution >= 4 is 0 Å². The van der Waals surface area contributed by atoms with Crippen LogP contribution in [-0.4, -0.2) is 44.6 Å². The molecule has 2 N–H and O–H groups in total. The molecule has 0 aromatic carbocycles. The lowest BCUT2D eigenvalue weighted by atomic mass is 10.2. The Kier molecular flexibility index (Phi) is 3.12. The van der Waals surface area contributed by atoms with Crippen molar-refractivity contribution in [2.24, 2.45) is 0 Å². The average Bonchev–Trinajstić information content (AvgIpc) is 3.10. The van der Waals surface area contributed by atoms with E-state index in [0.29, 0.717) is 0 Å². The lowest BCUT2D eigenvalue weighted by molar-refractivity contribution is 0.107. The van der Waals surface area contributed by atoms with Crippen molar-refractivity contribution < 1.29 is 4.74 Å². The number of imidazole rings is 2. The van der Waals surface area contributed by atoms with Gasteiger partial charge in [0.25, 0.3) is 0 Å². The quantitative estimate of drug-likeness (QED) is 0.848. The molecule has 1 aliphatic rings. The molecule has 1 aliphatic heterocycles. The molecule has 0 saturated carbocycles. The minimum atomic E-state index is 0.267. The standard InChI is InChI=1S/C12H17N5O/c1-18-10-4-11(12-14-2-3-15-12)17(7-10)6-9-5-13-8-16-9/h2-3,5,8,10-11H,4,6-7H2,1H3,(H,13,16)(H,14,15)/t10-,11?/m1/s1. The van der Waals surface area contributed by atoms with Gasteiger partial charge in [-0.2, -0.15) is 0 Å². The first kappa shape index (κ1) is 11.4. The predicted molar refractivity (Wildman–Crippen MR) is 65.7 cm³/mol. The fourth-order valence-corrected chi connectivity index (χ4v) is 2.54. The second kappa shape index (κ2) is 4.91. The van der Waals surface area contributed by atoms with Gasteiger partial charge in [0.2, 0.25) is 0 Å². The van der Waals surface area contributed by atoms with Crippen LogP contribution in [0.2, 0.25) is 0 Å². The van der Waals surface area contributed by atoms with Gasteiger partial charge in [-0.3, -0.25) is 4.90 Å². The predicted octanol–water partition coefficient (Wildman–Crippen LogP) is 1.09. The monoisotopic (exact) mass is 247 g/mol. The largest absolute Gasteiger partial charge is 0.380 e. The second-order valence-electron chi connectivity index (χ2n) is 4.59. The Balaban J connectivity index is 1.77. The Morgan fingerprint density at radius 3 is 3.11 bits per heavy atom. The van der Waals surface area contributed by atoms with E-state index in [1.165, 1.54) is 0 Å². The van der Waals surface area contributed by atoms with Gasteiger partial charge in [0.15, 0.2) is 0 Å². The minimum absolute atomic E-state index is 0.267. The number of H-pyrrole nitrogens is 2. The Bertz CT molecular complexity index is 467. The van der Waals surface area contributed by atoms with Crippen molar-refractivity contribution in [3.8, 4) is 0 Å². The van der Waals surface area contributed by atoms with Gasteiger partial charge in [-0.05, 0) is 6.42 Å². The molecule has 96 valence electrons. The third-order valence-electron chi connectivity index (χ3n) is 3.46. The molecule has 2 aromatic rings. The van der Waals surface area contributed by atoms with E-state index >= 15 is 0 Å². The number of aromatic nitrogens is 4. The number of ether oxygens (including phenoxy) is 1. The minimum Gasteiger partial charge on any atom is -0.380 e. The molecule has 6 nitrogen and oxygen atoms in total. The summed E-state index contributed by atoms with van der Waals surface area (Å²) < 4.78 is 5.48. The third kappa shape index (κ3) is 2.16. The van der Waals surface area contributed by atoms with Gasteiger partial charge in [0, 0.05) is 44.5 Å². The van der Waals surface area contributed by atoms with Crippen molar-refractivity contribution in [2.75, 3.05) is 13.7 Å². The van der Waals surface area contributed by atoms with Gasteiger partial charge in [-0.15, -0.1) is 0 Å². The van der Waals surface area contributed by atoms with Gasteiger partial charge >= 0.3 is 0 Å². The molecule has 3 rings (SSSR count). The van der Waals surface area contributed by atoms with Crippen LogP contribution in [-0.2, 0) is 11.3 Å². The molecule has 2 atom stereocenters. The zero-order chi connectivity index (χ0) is 12.4. The first-order valence-electron chi connectivity index (χ1n) is 6.10. The first-order chi connectivity index (χ1) is 8.86. The average molecular weight is 247 g/mol. The molecule has 0 radical (unpaired) electrons. The highest BCUT2D eigenvalue weighted by atomic mass is 16.5. The van der Waals surface area contributed by atoms with E-state index in [1.54, 1.807) is 19.6 Å². The molecule has 2 aromatic heterocycles. The summed E-state index contributed by atoms with van der Waals surface area (Å²) in [5.41, 5.74) is 1.11. The molecule has 0 spiro atoms. The number of hydrogen-bond acceptors (Lipinski definition) is 4. The molecular weight excluding hydrogens is 230 g/mol. The van der Waals surface area contributed by atoms with E-state index in [-0.39, 0.29) is 12.1 Å². The zero-order valence-electron chi connectivity index (χ0n) is 10.3. The van der Waals surface area contributed by atoms with Crippen LogP contribution in [0.15, 0.2) is 24.9 Å². The maximum absolute atomic E-state index is 5.48. The Labute approximate surface area is 105 Å². The van der Waals surface area contributed by atoms with Crippen molar-refractivity contribution in [2.45, 2.75) is 25.1 Å². The molecule has 1 unspecified atom stereocenters. The summed E-state index contributed by atoms with van der Waals surface area (Å²) in [6.45, 7) is 1.76. The van der Waals surface area contributed by atoms with Crippen molar-refractivity contribution in [1.29, 1.82) is 0 Å². The molecule has 0 bridgehead atoms. The van der Waals surface area contributed by atoms with Crippen molar-refractivity contribution in [3.63, 3.8) is 0 Å². The van der Waals surface area contributed by atoms with E-state index in [9.17, 15) is 0 Å². The lowest BCUT2D eigenvalue weighted by Gasteiger charge is -2.21. The summed E-state index contributed by atoms with van der Waals surface area (Å²) in [5, 5.41) is 0. The number of nitrogens with one attached hydrogen (secondary N) is 2. The third-order valence-corrected chi connectivity index (χ3v) is 3.46. The van der Waals surface area contributed by atoms with Crippen LogP contribution in [0, 0.1) is 0 Å². The molecule has 6 heteroatoms. The maximum Gasteiger partial charge on any atom is 0.123 e. The number of methoxy groups -OCH3 is 1. The summed E-state index contributed by atoms with van der Waals surface area (Å²) in [4.78, 5) is 17.1. The van der Waals surface area contributed by atoms with Crippen LogP contribution in [0.4, 0.5) is 0 Å². The highest BCUT2D eigenvalue weighted by molar-refractivity contribution is 5.04. The van der Waals surface area contributed by atoms with Gasteiger partial charge in [-0.1, -0.05) is 0 Å². The topological polar surface area (TPSA) is 69.8 Å². The second-order valence-corrected chi connectivity index (χ2v) is 4.59. The van der Waals surface area contributed by atoms with Crippen molar-refractivity contribution in [1.82, 2.24) is 24.8 Å². The van der Waals surface area contributed by atoms with Gasteiger partial charge in [0.1, 0.15) is 5.82 Å². The Hall–Kier alpha value is -1.66. The summed E-state index contributed by atoms with van der Waals surface area (Å²) >= 11 is 0. The normalized spacial score (nSPS) is 24.7. The SMILES string of the molecule is CO[C@@H]1CC(c2ncc[nH]2)N(Cc2cnc[nH]2)C1. The maximum atomic E-state index is 5.48. The molecule has 3 heterocycles. The first-order valence-corrected chi connectivity index (χ1v) is 6.10. The van der Waals surface area contributed by atoms with Gasteiger partial charge in [0.05, 0.1) is 18.5 Å². The van der Waals surface area contributed by atoms with E-state index < -0.39 is 0 Å². The number of likely N-dealkylation sites (tertiary alicyclic amines) is 1. The fourth-order valence-electron chi connectivity index (χ4n) is 2.54. The number of nitrogens with zero attached hydrogens (tertiary/aromatic N) is 3. The molecule has 1 saturated heterocycles. The van der Waals surface area contributed by atoms with Crippen LogP contribution in [0.5, 0.6) is 0 Å². The smallest absolute Gasteiger partial charge is 0.123 e. The van der Waals surface area contributed by atoms with E-state index in [2.05, 4.69) is 24.8 Å². The summed E-state index contributed by atoms with van der Waals surface area (Å²) in [6.07, 6.45) is 8.47. The van der Waals surface area contributed by atoms with E-state index in [1.807, 2.05) is 12.4 Å². The van der Waals surface area contributed by atoms with Crippen molar-refractivity contribution in [3.05, 3.63) is 36.4 Å². The lowest BCUT2D eigenvalue weighted by Crippen LogP contribution is -2.25. The molecule has 18 heavy (non-hydrogen) atoms. The van der Waals surface area contributed by atoms with E-state index in [4.69, 9.17) is 4.74 Å². The number of hydrogen-bond donors (Lipinski definition) is 2. The highest BCUT2D eigenvalue weighted by Crippen LogP contribution is 2.32. The molecular formula is C12H17N5O. The molecule has 1 fully saturated rings. The van der Waals surface area contributed by atoms with Crippen LogP contribution in [0.3, 0.4) is 0 Å². The number of aromatic amines is 2. The van der Waals surface area contributed by atoms with Gasteiger partial charge < -0.3 is 14.7 Å². The van der Waals surface area contributed by atoms with E-state index in [0.717, 1.165) is 31.0 Å². The molecule has 0 amide bonds. The van der Waals surface area contributed by atoms with Crippen LogP contribution < -0.4 is 0 Å². The summed E-state index contributed by atoms with van der Waals surface area (Å²) in [5.74, 6) is 1.01. The molecule has 0 aliphatic carbocycles. The summed E-state index contributed by atoms with van der Waals surface area (Å²) in [7, 11) is 1.77. The summed E-state index contributed by atoms with van der Waals surface area (Å²) in [6, 6.07) is 0.285. The number of rotatable bonds is 4. The van der Waals surface area contributed by atoms with Crippen LogP contribution >= 0.6 is 0 Å². The fraction of sp³-hybridized carbons (Fsp3) is 0.500. The van der Waals surface area contributed by atoms with Gasteiger partial charge in [-0.25, -0.2) is 9.97 Å². The Morgan fingerprint density at radius 1 is 1.50 bits per heavy atom. The van der Waals surface area contributed by atoms with Crippen LogP contribution in [0.1, 0.15) is 24.0 Å².